The van der Waals surface area contributed by atoms with Crippen LogP contribution >= 0.6 is 15.9 Å². The molecule has 8 nitrogen and oxygen atoms in total. The lowest BCUT2D eigenvalue weighted by molar-refractivity contribution is -0.385. The van der Waals surface area contributed by atoms with Crippen molar-refractivity contribution in [2.75, 3.05) is 39.1 Å². The third-order valence-electron chi connectivity index (χ3n) is 4.47. The van der Waals surface area contributed by atoms with E-state index in [1.54, 1.807) is 7.05 Å². The van der Waals surface area contributed by atoms with E-state index in [9.17, 15) is 46.6 Å². The normalized spacial score (nSPS) is 11.6. The molecule has 0 saturated carbocycles. The fourth-order valence-corrected chi connectivity index (χ4v) is 3.26. The number of nitrogens with zero attached hydrogens (tertiary/aromatic N) is 4. The number of non-ortho nitro benzene ring substituents is 2. The maximum atomic E-state index is 13.0. The number of anilines is 1. The first kappa shape index (κ1) is 30.1. The third-order valence-corrected chi connectivity index (χ3v) is 5.16. The molecule has 0 fully saturated rings. The monoisotopic (exact) mass is 574 g/mol. The minimum absolute atomic E-state index is 0.0492. The first-order valence-corrected chi connectivity index (χ1v) is 10.5. The van der Waals surface area contributed by atoms with Crippen molar-refractivity contribution in [2.45, 2.75) is 18.8 Å². The van der Waals surface area contributed by atoms with E-state index < -0.39 is 44.7 Å². The largest absolute Gasteiger partial charge is 0.418 e. The molecule has 0 bridgehead atoms. The van der Waals surface area contributed by atoms with Gasteiger partial charge in [-0.1, -0.05) is 15.9 Å². The number of halogens is 7. The zero-order valence-corrected chi connectivity index (χ0v) is 20.2. The molecule has 2 rings (SSSR count). The molecule has 0 radical (unpaired) electrons. The van der Waals surface area contributed by atoms with Gasteiger partial charge in [0.25, 0.3) is 11.4 Å². The summed E-state index contributed by atoms with van der Waals surface area (Å²) in [4.78, 5) is 22.5. The number of hydrogen-bond donors (Lipinski definition) is 0. The van der Waals surface area contributed by atoms with Crippen molar-refractivity contribution in [1.82, 2.24) is 4.90 Å². The van der Waals surface area contributed by atoms with E-state index in [4.69, 9.17) is 0 Å². The number of rotatable bonds is 7. The van der Waals surface area contributed by atoms with Gasteiger partial charge in [0.15, 0.2) is 0 Å². The van der Waals surface area contributed by atoms with Crippen LogP contribution in [-0.4, -0.2) is 49.0 Å². The smallest absolute Gasteiger partial charge is 0.374 e. The van der Waals surface area contributed by atoms with Crippen molar-refractivity contribution in [1.29, 1.82) is 0 Å². The SMILES string of the molecule is CN(C)CCCN(C)c1ccc([N+](=O)[O-])cc1C(F)(F)F.O=[N+]([O-])c1ccc(Br)c(C(F)(F)F)c1. The Morgan fingerprint density at radius 2 is 1.26 bits per heavy atom. The molecule has 0 amide bonds. The molecule has 0 unspecified atom stereocenters. The van der Waals surface area contributed by atoms with Gasteiger partial charge in [-0.3, -0.25) is 20.2 Å². The molecule has 0 heterocycles. The van der Waals surface area contributed by atoms with Crippen molar-refractivity contribution in [3.05, 3.63) is 72.2 Å². The molecule has 0 aliphatic rings. The highest BCUT2D eigenvalue weighted by atomic mass is 79.9. The number of nitro groups is 2. The molecule has 2 aromatic rings. The van der Waals surface area contributed by atoms with Crippen molar-refractivity contribution in [2.24, 2.45) is 0 Å². The lowest BCUT2D eigenvalue weighted by atomic mass is 10.1. The minimum Gasteiger partial charge on any atom is -0.374 e. The Morgan fingerprint density at radius 1 is 0.800 bits per heavy atom. The maximum Gasteiger partial charge on any atom is 0.418 e. The molecule has 15 heteroatoms. The van der Waals surface area contributed by atoms with Crippen LogP contribution in [0.2, 0.25) is 0 Å². The van der Waals surface area contributed by atoms with E-state index in [2.05, 4.69) is 15.9 Å². The lowest BCUT2D eigenvalue weighted by Gasteiger charge is -2.24. The Bertz CT molecular complexity index is 1050. The lowest BCUT2D eigenvalue weighted by Crippen LogP contribution is -2.25. The van der Waals surface area contributed by atoms with Gasteiger partial charge in [0, 0.05) is 48.0 Å². The Hall–Kier alpha value is -2.94. The second-order valence-corrected chi connectivity index (χ2v) is 8.31. The van der Waals surface area contributed by atoms with Gasteiger partial charge in [-0.15, -0.1) is 0 Å². The summed E-state index contributed by atoms with van der Waals surface area (Å²) < 4.78 is 75.6. The average molecular weight is 575 g/mol. The number of benzene rings is 2. The summed E-state index contributed by atoms with van der Waals surface area (Å²) in [6.07, 6.45) is -8.53. The van der Waals surface area contributed by atoms with E-state index in [-0.39, 0.29) is 10.2 Å². The second kappa shape index (κ2) is 12.2. The molecular formula is C20H21BrF6N4O4. The van der Waals surface area contributed by atoms with Crippen LogP contribution in [0.1, 0.15) is 17.5 Å². The van der Waals surface area contributed by atoms with E-state index >= 15 is 0 Å². The summed E-state index contributed by atoms with van der Waals surface area (Å²) in [6, 6.07) is 5.31. The first-order valence-electron chi connectivity index (χ1n) is 9.67. The second-order valence-electron chi connectivity index (χ2n) is 7.45. The summed E-state index contributed by atoms with van der Waals surface area (Å²) in [6.45, 7) is 1.18. The van der Waals surface area contributed by atoms with E-state index in [1.165, 1.54) is 4.90 Å². The van der Waals surface area contributed by atoms with Crippen LogP contribution in [0.3, 0.4) is 0 Å². The van der Waals surface area contributed by atoms with Crippen LogP contribution in [-0.2, 0) is 12.4 Å². The highest BCUT2D eigenvalue weighted by Gasteiger charge is 2.36. The summed E-state index contributed by atoms with van der Waals surface area (Å²) in [5.74, 6) is 0. The molecule has 0 atom stereocenters. The van der Waals surface area contributed by atoms with Crippen molar-refractivity contribution in [3.63, 3.8) is 0 Å². The molecule has 0 aliphatic carbocycles. The highest BCUT2D eigenvalue weighted by molar-refractivity contribution is 9.10. The number of hydrogen-bond acceptors (Lipinski definition) is 6. The Morgan fingerprint density at radius 3 is 1.69 bits per heavy atom. The van der Waals surface area contributed by atoms with Gasteiger partial charge in [-0.2, -0.15) is 26.3 Å². The van der Waals surface area contributed by atoms with Crippen LogP contribution in [0.4, 0.5) is 43.4 Å². The van der Waals surface area contributed by atoms with Gasteiger partial charge in [0.1, 0.15) is 0 Å². The predicted octanol–water partition coefficient (Wildman–Crippen LogP) is 6.38. The molecule has 0 aromatic heterocycles. The summed E-state index contributed by atoms with van der Waals surface area (Å²) in [5, 5.41) is 20.8. The molecule has 2 aromatic carbocycles. The van der Waals surface area contributed by atoms with E-state index in [0.29, 0.717) is 25.1 Å². The molecule has 0 saturated heterocycles. The Balaban J connectivity index is 0.000000379. The topological polar surface area (TPSA) is 92.8 Å². The van der Waals surface area contributed by atoms with Gasteiger partial charge < -0.3 is 9.80 Å². The average Bonchev–Trinajstić information content (AvgIpc) is 2.72. The first-order chi connectivity index (χ1) is 15.9. The molecule has 35 heavy (non-hydrogen) atoms. The maximum absolute atomic E-state index is 13.0. The van der Waals surface area contributed by atoms with Gasteiger partial charge in [0.2, 0.25) is 0 Å². The van der Waals surface area contributed by atoms with Crippen LogP contribution in [0.25, 0.3) is 0 Å². The van der Waals surface area contributed by atoms with Crippen LogP contribution < -0.4 is 4.90 Å². The summed E-state index contributed by atoms with van der Waals surface area (Å²) in [5.41, 5.74) is -3.23. The van der Waals surface area contributed by atoms with Gasteiger partial charge in [-0.05, 0) is 39.2 Å². The van der Waals surface area contributed by atoms with Crippen LogP contribution in [0.5, 0.6) is 0 Å². The van der Waals surface area contributed by atoms with Gasteiger partial charge in [0.05, 0.1) is 21.0 Å². The predicted molar refractivity (Wildman–Crippen MR) is 120 cm³/mol. The van der Waals surface area contributed by atoms with E-state index in [1.807, 2.05) is 19.0 Å². The molecular weight excluding hydrogens is 554 g/mol. The van der Waals surface area contributed by atoms with Crippen molar-refractivity contribution in [3.8, 4) is 0 Å². The molecule has 0 spiro atoms. The third kappa shape index (κ3) is 9.32. The van der Waals surface area contributed by atoms with Gasteiger partial charge in [-0.25, -0.2) is 0 Å². The van der Waals surface area contributed by atoms with Crippen LogP contribution in [0, 0.1) is 20.2 Å². The minimum atomic E-state index is -4.63. The van der Waals surface area contributed by atoms with Crippen LogP contribution in [0.15, 0.2) is 40.9 Å². The quantitative estimate of drug-likeness (QED) is 0.216. The molecule has 194 valence electrons. The van der Waals surface area contributed by atoms with Crippen molar-refractivity contribution < 1.29 is 36.2 Å². The number of alkyl halides is 6. The zero-order valence-electron chi connectivity index (χ0n) is 18.7. The highest BCUT2D eigenvalue weighted by Crippen LogP contribution is 2.39. The van der Waals surface area contributed by atoms with E-state index in [0.717, 1.165) is 30.8 Å². The Labute approximate surface area is 204 Å². The standard InChI is InChI=1S/C13H18F3N3O2.C7H3BrF3NO2/c1-17(2)7-4-8-18(3)12-6-5-10(19(20)21)9-11(12)13(14,15)16;8-6-2-1-4(12(13)14)3-5(6)7(9,10)11/h5-6,9H,4,7-8H2,1-3H3;1-3H. The summed E-state index contributed by atoms with van der Waals surface area (Å²) >= 11 is 2.67. The fourth-order valence-electron chi connectivity index (χ4n) is 2.79. The number of nitro benzene ring substituents is 2. The fraction of sp³-hybridized carbons (Fsp3) is 0.400. The Kier molecular flexibility index (Phi) is 10.4. The van der Waals surface area contributed by atoms with Gasteiger partial charge >= 0.3 is 12.4 Å². The molecule has 0 aliphatic heterocycles. The molecule has 0 N–H and O–H groups in total. The summed E-state index contributed by atoms with van der Waals surface area (Å²) in [7, 11) is 5.31. The van der Waals surface area contributed by atoms with Crippen molar-refractivity contribution >= 4 is 33.0 Å². The zero-order chi connectivity index (χ0) is 27.1.